The Hall–Kier alpha value is 0.167. The first-order valence-corrected chi connectivity index (χ1v) is 14.7. The Balaban J connectivity index is 0.000000798. The molecule has 0 heterocycles. The first-order chi connectivity index (χ1) is 15.3. The van der Waals surface area contributed by atoms with Crippen molar-refractivity contribution in [3.63, 3.8) is 0 Å². The molecule has 0 spiro atoms. The number of aliphatic hydroxyl groups is 1. The molecule has 0 unspecified atom stereocenters. The Bertz CT molecular complexity index is 810. The molecule has 194 valence electrons. The van der Waals surface area contributed by atoms with Crippen LogP contribution in [0.25, 0.3) is 0 Å². The third kappa shape index (κ3) is 6.72. The molecular formula is C27H49LiO5S. The minimum absolute atomic E-state index is 0. The van der Waals surface area contributed by atoms with E-state index in [-0.39, 0.29) is 26.4 Å². The van der Waals surface area contributed by atoms with Gasteiger partial charge in [-0.3, -0.25) is 9.11 Å². The average Bonchev–Trinajstić information content (AvgIpc) is 3.04. The summed E-state index contributed by atoms with van der Waals surface area (Å²) in [5.41, 5.74) is 2.60. The number of hydrogen-bond donors (Lipinski definition) is 3. The van der Waals surface area contributed by atoms with Gasteiger partial charge in [0.25, 0.3) is 0 Å². The second kappa shape index (κ2) is 11.7. The molecule has 3 fully saturated rings. The maximum absolute atomic E-state index is 10.2. The molecule has 4 rings (SSSR count). The standard InChI is InChI=1S/C27H46O.Li.H2O4S.H/c1-18(2)7-6-8-19(3)23-11-12-24-22-10-9-20-17-21(28)13-15-26(20,4)25(22)14-16-27(23,24)5;;1-5(2,3)4;/h9,18-19,21-25,28H,6-8,10-17H2,1-5H3;;(H2,1,2,3,4);/q;+1;;-1/t19-,21+,22+,23-,24+,25+,26+,27-;;;/m1.../s1. The SMILES string of the molecule is CC(C)CCC[C@@H](C)[C@H]1CC[C@H]2[C@@H]3CC=C4C[C@@H](O)CC[C@]4(C)[C@H]3CC[C@]12C.O=S(=O)(O)O.[H-].[Li+]. The van der Waals surface area contributed by atoms with Gasteiger partial charge < -0.3 is 6.53 Å². The summed E-state index contributed by atoms with van der Waals surface area (Å²) in [6.45, 7) is 12.6. The summed E-state index contributed by atoms with van der Waals surface area (Å²) in [5, 5.41) is 10.2. The van der Waals surface area contributed by atoms with Crippen LogP contribution < -0.4 is 18.9 Å². The molecule has 0 radical (unpaired) electrons. The van der Waals surface area contributed by atoms with Crippen molar-refractivity contribution in [1.29, 1.82) is 0 Å². The van der Waals surface area contributed by atoms with Crippen molar-refractivity contribution in [2.75, 3.05) is 0 Å². The van der Waals surface area contributed by atoms with Gasteiger partial charge in [-0.25, -0.2) is 0 Å². The summed E-state index contributed by atoms with van der Waals surface area (Å²) < 4.78 is 31.6. The van der Waals surface area contributed by atoms with Crippen LogP contribution in [0.3, 0.4) is 0 Å². The first-order valence-electron chi connectivity index (χ1n) is 13.3. The first kappa shape index (κ1) is 30.4. The summed E-state index contributed by atoms with van der Waals surface area (Å²) in [6, 6.07) is 0. The molecule has 4 aliphatic carbocycles. The Kier molecular flexibility index (Phi) is 10.5. The van der Waals surface area contributed by atoms with Gasteiger partial charge in [-0.2, -0.15) is 8.42 Å². The second-order valence-electron chi connectivity index (χ2n) is 12.6. The predicted molar refractivity (Wildman–Crippen MR) is 134 cm³/mol. The van der Waals surface area contributed by atoms with Gasteiger partial charge in [-0.1, -0.05) is 65.5 Å². The van der Waals surface area contributed by atoms with Gasteiger partial charge in [-0.15, -0.1) is 0 Å². The summed E-state index contributed by atoms with van der Waals surface area (Å²) in [4.78, 5) is 0. The van der Waals surface area contributed by atoms with Gasteiger partial charge >= 0.3 is 29.3 Å². The summed E-state index contributed by atoms with van der Waals surface area (Å²) in [7, 11) is -4.67. The van der Waals surface area contributed by atoms with Crippen molar-refractivity contribution in [2.24, 2.45) is 46.3 Å². The van der Waals surface area contributed by atoms with Crippen molar-refractivity contribution < 1.29 is 42.9 Å². The van der Waals surface area contributed by atoms with E-state index in [1.54, 1.807) is 5.57 Å². The van der Waals surface area contributed by atoms with Gasteiger partial charge in [0.1, 0.15) is 0 Å². The molecule has 0 amide bonds. The molecule has 8 atom stereocenters. The summed E-state index contributed by atoms with van der Waals surface area (Å²) in [5.74, 6) is 5.46. The minimum atomic E-state index is -4.67. The smallest absolute Gasteiger partial charge is 1.00 e. The predicted octanol–water partition coefficient (Wildman–Crippen LogP) is 3.85. The summed E-state index contributed by atoms with van der Waals surface area (Å²) >= 11 is 0. The van der Waals surface area contributed by atoms with E-state index in [0.29, 0.717) is 10.8 Å². The van der Waals surface area contributed by atoms with Crippen LogP contribution in [0.5, 0.6) is 0 Å². The Morgan fingerprint density at radius 2 is 1.68 bits per heavy atom. The van der Waals surface area contributed by atoms with E-state index in [0.717, 1.165) is 48.3 Å². The van der Waals surface area contributed by atoms with Gasteiger partial charge in [-0.05, 0) is 97.7 Å². The van der Waals surface area contributed by atoms with E-state index in [9.17, 15) is 5.11 Å². The van der Waals surface area contributed by atoms with E-state index in [4.69, 9.17) is 17.5 Å². The Morgan fingerprint density at radius 3 is 2.29 bits per heavy atom. The van der Waals surface area contributed by atoms with Crippen molar-refractivity contribution >= 4 is 10.4 Å². The third-order valence-electron chi connectivity index (χ3n) is 10.3. The zero-order chi connectivity index (χ0) is 24.6. The van der Waals surface area contributed by atoms with Crippen LogP contribution in [0.4, 0.5) is 0 Å². The largest absolute Gasteiger partial charge is 1.00 e. The number of hydrogen-bond acceptors (Lipinski definition) is 3. The van der Waals surface area contributed by atoms with Crippen LogP contribution in [0.2, 0.25) is 0 Å². The molecule has 5 nitrogen and oxygen atoms in total. The van der Waals surface area contributed by atoms with Crippen molar-refractivity contribution in [2.45, 2.75) is 111 Å². The zero-order valence-corrected chi connectivity index (χ0v) is 23.3. The summed E-state index contributed by atoms with van der Waals surface area (Å²) in [6.07, 6.45) is 17.2. The second-order valence-corrected chi connectivity index (χ2v) is 13.5. The molecule has 0 aromatic heterocycles. The Morgan fingerprint density at radius 1 is 1.03 bits per heavy atom. The van der Waals surface area contributed by atoms with Crippen LogP contribution >= 0.6 is 0 Å². The van der Waals surface area contributed by atoms with Gasteiger partial charge in [0.2, 0.25) is 0 Å². The van der Waals surface area contributed by atoms with E-state index in [2.05, 4.69) is 40.7 Å². The number of allylic oxidation sites excluding steroid dienone is 1. The normalized spacial score (nSPS) is 40.0. The fraction of sp³-hybridized carbons (Fsp3) is 0.926. The van der Waals surface area contributed by atoms with E-state index < -0.39 is 10.4 Å². The molecule has 3 N–H and O–H groups in total. The van der Waals surface area contributed by atoms with Crippen LogP contribution in [-0.4, -0.2) is 28.7 Å². The van der Waals surface area contributed by atoms with Crippen LogP contribution in [0.1, 0.15) is 107 Å². The topological polar surface area (TPSA) is 94.8 Å². The van der Waals surface area contributed by atoms with Crippen molar-refractivity contribution in [3.05, 3.63) is 11.6 Å². The fourth-order valence-electron chi connectivity index (χ4n) is 8.67. The average molecular weight is 493 g/mol. The fourth-order valence-corrected chi connectivity index (χ4v) is 8.67. The maximum atomic E-state index is 10.2. The molecule has 0 aromatic rings. The number of aliphatic hydroxyl groups excluding tert-OH is 1. The molecule has 0 aliphatic heterocycles. The van der Waals surface area contributed by atoms with E-state index in [1.807, 2.05) is 0 Å². The van der Waals surface area contributed by atoms with Crippen LogP contribution in [0, 0.1) is 46.3 Å². The molecule has 4 aliphatic rings. The van der Waals surface area contributed by atoms with Crippen LogP contribution in [-0.2, 0) is 10.4 Å². The maximum Gasteiger partial charge on any atom is 1.00 e. The van der Waals surface area contributed by atoms with Gasteiger partial charge in [0, 0.05) is 0 Å². The molecule has 0 aromatic carbocycles. The zero-order valence-electron chi connectivity index (χ0n) is 23.5. The molecule has 34 heavy (non-hydrogen) atoms. The minimum Gasteiger partial charge on any atom is -1.00 e. The van der Waals surface area contributed by atoms with Gasteiger partial charge in [0.15, 0.2) is 0 Å². The Labute approximate surface area is 222 Å². The molecular weight excluding hydrogens is 443 g/mol. The number of fused-ring (bicyclic) bond motifs is 5. The molecule has 0 bridgehead atoms. The van der Waals surface area contributed by atoms with Crippen LogP contribution in [0.15, 0.2) is 11.6 Å². The van der Waals surface area contributed by atoms with E-state index >= 15 is 0 Å². The number of rotatable bonds is 5. The van der Waals surface area contributed by atoms with Crippen molar-refractivity contribution in [1.82, 2.24) is 0 Å². The van der Waals surface area contributed by atoms with E-state index in [1.165, 1.54) is 57.8 Å². The van der Waals surface area contributed by atoms with Crippen molar-refractivity contribution in [3.8, 4) is 0 Å². The molecule has 7 heteroatoms. The van der Waals surface area contributed by atoms with Gasteiger partial charge in [0.05, 0.1) is 6.10 Å². The monoisotopic (exact) mass is 492 g/mol. The quantitative estimate of drug-likeness (QED) is 0.308. The molecule has 3 saturated carbocycles. The third-order valence-corrected chi connectivity index (χ3v) is 10.3. The molecule has 0 saturated heterocycles.